The fourth-order valence-corrected chi connectivity index (χ4v) is 11.3. The summed E-state index contributed by atoms with van der Waals surface area (Å²) < 4.78 is 95.7. The largest absolute Gasteiger partial charge is 0.497 e. The van der Waals surface area contributed by atoms with Gasteiger partial charge in [-0.15, -0.1) is 0 Å². The molecule has 12 rings (SSSR count). The molecule has 0 aliphatic carbocycles. The number of anilines is 3. The number of rotatable bonds is 13. The minimum Gasteiger partial charge on any atom is -0.497 e. The maximum absolute atomic E-state index is 14.0. The third kappa shape index (κ3) is 15.8. The van der Waals surface area contributed by atoms with Crippen molar-refractivity contribution in [3.63, 3.8) is 0 Å². The van der Waals surface area contributed by atoms with E-state index in [0.717, 1.165) is 43.1 Å². The van der Waals surface area contributed by atoms with Crippen molar-refractivity contribution in [1.82, 2.24) is 89.6 Å². The first-order chi connectivity index (χ1) is 45.0. The first-order valence-corrected chi connectivity index (χ1v) is 30.1. The zero-order chi connectivity index (χ0) is 66.8. The molecule has 9 aromatic rings. The fraction of sp³-hybridized carbons (Fsp3) is 0.361. The van der Waals surface area contributed by atoms with Gasteiger partial charge in [0, 0.05) is 68.3 Å². The summed E-state index contributed by atoms with van der Waals surface area (Å²) in [5.41, 5.74) is 1.66. The number of hydrogen-bond donors (Lipinski definition) is 3. The van der Waals surface area contributed by atoms with E-state index in [1.54, 1.807) is 52.8 Å². The molecule has 0 bridgehead atoms. The van der Waals surface area contributed by atoms with Gasteiger partial charge in [0.1, 0.15) is 17.4 Å². The molecule has 3 N–H and O–H groups in total. The van der Waals surface area contributed by atoms with Crippen LogP contribution in [0.1, 0.15) is 107 Å². The lowest BCUT2D eigenvalue weighted by Gasteiger charge is -2.40. The Hall–Kier alpha value is -10.3. The van der Waals surface area contributed by atoms with Gasteiger partial charge in [-0.25, -0.2) is 34.3 Å². The minimum absolute atomic E-state index is 0.0322. The number of methoxy groups -OCH3 is 1. The average molecular weight is 1320 g/mol. The first-order valence-electron chi connectivity index (χ1n) is 29.7. The van der Waals surface area contributed by atoms with Gasteiger partial charge in [-0.3, -0.25) is 14.4 Å². The normalized spacial score (nSPS) is 19.0. The van der Waals surface area contributed by atoms with Crippen LogP contribution in [0, 0.1) is 12.7 Å². The number of likely N-dealkylation sites (tertiary alicyclic amines) is 3. The Kier molecular flexibility index (Phi) is 20.7. The summed E-state index contributed by atoms with van der Waals surface area (Å²) in [7, 11) is 1.52. The van der Waals surface area contributed by atoms with Gasteiger partial charge < -0.3 is 35.4 Å². The van der Waals surface area contributed by atoms with Crippen LogP contribution in [-0.4, -0.2) is 170 Å². The highest BCUT2D eigenvalue weighted by Gasteiger charge is 2.38. The van der Waals surface area contributed by atoms with Crippen molar-refractivity contribution < 1.29 is 49.9 Å². The lowest BCUT2D eigenvalue weighted by molar-refractivity contribution is -0.141. The third-order valence-electron chi connectivity index (χ3n) is 16.2. The molecule has 25 nitrogen and oxygen atoms in total. The SMILES string of the molecule is COc1ccc(-n2nccn2)c(C(=O)N2CCC[C@@H](Nc3ncc(C(F)(F)F)cn3)[C@@H]2C)c1.C[C@H]1[C@H](Nc2cnc(C(F)(F)F)cn2)CCCN1C(=O)c1cc(F)ccc1-n1nccn1.Cc1ccc(C(=O)N2CCC[C@@H](Nc3ncc(Cl)cn3)[C@@H]2C)c(-n2nccn2)c1. The molecule has 3 aliphatic rings. The van der Waals surface area contributed by atoms with E-state index in [4.69, 9.17) is 16.3 Å². The predicted octanol–water partition coefficient (Wildman–Crippen LogP) is 9.63. The molecular formula is C61H63ClF7N21O4. The van der Waals surface area contributed by atoms with Crippen molar-refractivity contribution in [3.8, 4) is 22.8 Å². The number of aromatic nitrogens is 15. The number of piperidine rings is 3. The van der Waals surface area contributed by atoms with E-state index in [9.17, 15) is 45.1 Å². The van der Waals surface area contributed by atoms with Crippen molar-refractivity contribution in [2.45, 2.75) is 115 Å². The van der Waals surface area contributed by atoms with E-state index >= 15 is 0 Å². The number of halogens is 8. The highest BCUT2D eigenvalue weighted by atomic mass is 35.5. The zero-order valence-corrected chi connectivity index (χ0v) is 51.9. The van der Waals surface area contributed by atoms with Gasteiger partial charge in [0.05, 0.1) is 113 Å². The third-order valence-corrected chi connectivity index (χ3v) is 16.4. The molecule has 33 heteroatoms. The number of nitrogens with one attached hydrogen (secondary N) is 3. The Bertz CT molecular complexity index is 4000. The number of carbonyl (C=O) groups excluding carboxylic acids is 3. The van der Waals surface area contributed by atoms with Crippen LogP contribution in [0.25, 0.3) is 17.1 Å². The monoisotopic (exact) mass is 1320 g/mol. The molecule has 6 atom stereocenters. The molecule has 3 fully saturated rings. The van der Waals surface area contributed by atoms with Crippen molar-refractivity contribution in [3.05, 3.63) is 173 Å². The van der Waals surface area contributed by atoms with E-state index < -0.39 is 35.3 Å². The molecule has 0 radical (unpaired) electrons. The van der Waals surface area contributed by atoms with Crippen molar-refractivity contribution in [2.75, 3.05) is 42.7 Å². The molecular weight excluding hydrogens is 1260 g/mol. The Labute approximate surface area is 538 Å². The van der Waals surface area contributed by atoms with Crippen LogP contribution in [0.15, 0.2) is 129 Å². The minimum atomic E-state index is -4.57. The highest BCUT2D eigenvalue weighted by Crippen LogP contribution is 2.33. The van der Waals surface area contributed by atoms with Crippen LogP contribution < -0.4 is 20.7 Å². The topological polar surface area (TPSA) is 276 Å². The highest BCUT2D eigenvalue weighted by molar-refractivity contribution is 6.30. The number of carbonyl (C=O) groups is 3. The van der Waals surface area contributed by atoms with Gasteiger partial charge in [-0.05, 0) is 120 Å². The second kappa shape index (κ2) is 29.1. The van der Waals surface area contributed by atoms with E-state index in [2.05, 4.69) is 76.4 Å². The average Bonchev–Trinajstić information content (AvgIpc) is 1.27. The molecule has 0 spiro atoms. The standard InChI is InChI=1S/C21H22F3N7O2.C20H22ClN7O.C20H19F4N7O/c1-13-17(29-20-25-11-14(12-26-20)21(22,23)24)4-3-9-30(13)19(32)16-10-15(33-2)5-6-18(16)31-27-7-8-28-31;1-13-5-6-16(18(10-13)28-24-7-8-25-28)19(29)27-9-3-4-17(14(27)2)26-20-22-11-15(21)12-23-20;1-12-15(29-18-11-25-17(10-26-18)20(22,23)24)3-2-8-30(12)19(32)14-9-13(21)4-5-16(14)31-27-6-7-28-31/h5-8,10-13,17H,3-4,9H2,1-2H3,(H,25,26,29);5-8,10-12,14,17H,3-4,9H2,1-2H3,(H,22,23,26);4-7,9-12,15H,2-3,8H2,1H3,(H,26,29)/t13-,17+;14-,17+;12-,15+/m000/s1. The van der Waals surface area contributed by atoms with Gasteiger partial charge in [0.15, 0.2) is 5.69 Å². The van der Waals surface area contributed by atoms with Crippen molar-refractivity contribution in [1.29, 1.82) is 0 Å². The van der Waals surface area contributed by atoms with E-state index in [0.29, 0.717) is 96.4 Å². The summed E-state index contributed by atoms with van der Waals surface area (Å²) >= 11 is 5.87. The lowest BCUT2D eigenvalue weighted by atomic mass is 9.96. The van der Waals surface area contributed by atoms with Gasteiger partial charge in [0.25, 0.3) is 17.7 Å². The first kappa shape index (κ1) is 66.6. The molecule has 3 saturated heterocycles. The van der Waals surface area contributed by atoms with Crippen LogP contribution in [-0.2, 0) is 12.4 Å². The van der Waals surface area contributed by atoms with Crippen LogP contribution >= 0.6 is 11.6 Å². The molecule has 3 aliphatic heterocycles. The van der Waals surface area contributed by atoms with Crippen LogP contribution in [0.2, 0.25) is 5.02 Å². The Morgan fingerprint density at radius 1 is 0.511 bits per heavy atom. The van der Waals surface area contributed by atoms with E-state index in [-0.39, 0.29) is 65.4 Å². The Morgan fingerprint density at radius 3 is 1.41 bits per heavy atom. The second-order valence-electron chi connectivity index (χ2n) is 22.2. The maximum atomic E-state index is 14.0. The lowest BCUT2D eigenvalue weighted by Crippen LogP contribution is -2.52. The zero-order valence-electron chi connectivity index (χ0n) is 51.2. The molecule has 492 valence electrons. The number of ether oxygens (including phenoxy) is 1. The Morgan fingerprint density at radius 2 is 0.957 bits per heavy atom. The molecule has 9 heterocycles. The van der Waals surface area contributed by atoms with Crippen molar-refractivity contribution >= 4 is 47.0 Å². The summed E-state index contributed by atoms with van der Waals surface area (Å²) in [6.07, 6.45) is 10.9. The summed E-state index contributed by atoms with van der Waals surface area (Å²) in [4.78, 5) is 72.9. The number of aryl methyl sites for hydroxylation is 1. The molecule has 6 aromatic heterocycles. The van der Waals surface area contributed by atoms with Gasteiger partial charge in [0.2, 0.25) is 11.9 Å². The summed E-state index contributed by atoms with van der Waals surface area (Å²) in [6.45, 7) is 9.39. The van der Waals surface area contributed by atoms with Gasteiger partial charge in [-0.1, -0.05) is 17.7 Å². The summed E-state index contributed by atoms with van der Waals surface area (Å²) in [5.74, 6) is 0.0668. The number of alkyl halides is 6. The van der Waals surface area contributed by atoms with Gasteiger partial charge >= 0.3 is 12.4 Å². The number of hydrogen-bond acceptors (Lipinski definition) is 19. The second-order valence-corrected chi connectivity index (χ2v) is 22.7. The van der Waals surface area contributed by atoms with Crippen LogP contribution in [0.3, 0.4) is 0 Å². The number of amides is 3. The molecule has 3 amide bonds. The quantitative estimate of drug-likeness (QED) is 0.0906. The smallest absolute Gasteiger partial charge is 0.434 e. The predicted molar refractivity (Wildman–Crippen MR) is 328 cm³/mol. The molecule has 3 aromatic carbocycles. The summed E-state index contributed by atoms with van der Waals surface area (Å²) in [5, 5.41) is 34.7. The van der Waals surface area contributed by atoms with E-state index in [1.165, 1.54) is 58.4 Å². The molecule has 94 heavy (non-hydrogen) atoms. The van der Waals surface area contributed by atoms with Crippen molar-refractivity contribution in [2.24, 2.45) is 0 Å². The Balaban J connectivity index is 0.000000154. The molecule has 0 unspecified atom stereocenters. The maximum Gasteiger partial charge on any atom is 0.434 e. The fourth-order valence-electron chi connectivity index (χ4n) is 11.2. The van der Waals surface area contributed by atoms with Crippen LogP contribution in [0.4, 0.5) is 48.4 Å². The summed E-state index contributed by atoms with van der Waals surface area (Å²) in [6, 6.07) is 13.5. The van der Waals surface area contributed by atoms with Crippen LogP contribution in [0.5, 0.6) is 5.75 Å². The van der Waals surface area contributed by atoms with E-state index in [1.807, 2.05) is 50.8 Å². The molecule has 0 saturated carbocycles. The van der Waals surface area contributed by atoms with Gasteiger partial charge in [-0.2, -0.15) is 71.3 Å². The number of nitrogens with zero attached hydrogens (tertiary/aromatic N) is 18. The number of benzene rings is 3.